The average molecular weight is 314 g/mol. The summed E-state index contributed by atoms with van der Waals surface area (Å²) in [6, 6.07) is 5.98. The average Bonchev–Trinajstić information content (AvgIpc) is 3.33. The van der Waals surface area contributed by atoms with Crippen LogP contribution in [-0.2, 0) is 9.59 Å². The summed E-state index contributed by atoms with van der Waals surface area (Å²) in [6.45, 7) is 5.71. The molecule has 1 aromatic carbocycles. The molecule has 1 aromatic rings. The van der Waals surface area contributed by atoms with Crippen molar-refractivity contribution in [1.82, 2.24) is 4.90 Å². The molecule has 4 heteroatoms. The molecular formula is C19H26N2O2. The van der Waals surface area contributed by atoms with E-state index in [4.69, 9.17) is 0 Å². The molecule has 1 N–H and O–H groups in total. The van der Waals surface area contributed by atoms with Crippen LogP contribution >= 0.6 is 0 Å². The van der Waals surface area contributed by atoms with Gasteiger partial charge in [0.25, 0.3) is 0 Å². The molecule has 2 amide bonds. The highest BCUT2D eigenvalue weighted by Crippen LogP contribution is 2.41. The molecule has 0 aromatic heterocycles. The minimum Gasteiger partial charge on any atom is -0.342 e. The maximum atomic E-state index is 12.6. The van der Waals surface area contributed by atoms with E-state index in [1.807, 2.05) is 36.9 Å². The van der Waals surface area contributed by atoms with E-state index >= 15 is 0 Å². The van der Waals surface area contributed by atoms with Gasteiger partial charge in [0.2, 0.25) is 11.8 Å². The Morgan fingerprint density at radius 3 is 2.22 bits per heavy atom. The third kappa shape index (κ3) is 3.57. The van der Waals surface area contributed by atoms with E-state index in [0.717, 1.165) is 42.7 Å². The maximum absolute atomic E-state index is 12.6. The highest BCUT2D eigenvalue weighted by molar-refractivity contribution is 6.00. The van der Waals surface area contributed by atoms with E-state index in [0.29, 0.717) is 6.42 Å². The van der Waals surface area contributed by atoms with Crippen LogP contribution < -0.4 is 5.32 Å². The van der Waals surface area contributed by atoms with Crippen molar-refractivity contribution in [1.29, 1.82) is 0 Å². The Morgan fingerprint density at radius 2 is 1.61 bits per heavy atom. The molecule has 23 heavy (non-hydrogen) atoms. The van der Waals surface area contributed by atoms with Crippen LogP contribution in [0.1, 0.15) is 43.2 Å². The third-order valence-corrected chi connectivity index (χ3v) is 5.09. The molecular weight excluding hydrogens is 288 g/mol. The first-order valence-electron chi connectivity index (χ1n) is 8.74. The Bertz CT molecular complexity index is 583. The van der Waals surface area contributed by atoms with Crippen LogP contribution in [0.2, 0.25) is 0 Å². The second kappa shape index (κ2) is 6.73. The Labute approximate surface area is 138 Å². The summed E-state index contributed by atoms with van der Waals surface area (Å²) in [7, 11) is 0. The van der Waals surface area contributed by atoms with E-state index in [1.54, 1.807) is 0 Å². The summed E-state index contributed by atoms with van der Waals surface area (Å²) in [5.74, 6) is -0.0636. The molecule has 0 spiro atoms. The number of nitrogens with zero attached hydrogens (tertiary/aromatic N) is 1. The third-order valence-electron chi connectivity index (χ3n) is 5.09. The number of carbonyl (C=O) groups is 2. The number of carbonyl (C=O) groups excluding carboxylic acids is 2. The van der Waals surface area contributed by atoms with Crippen LogP contribution in [0.4, 0.5) is 5.69 Å². The first-order valence-corrected chi connectivity index (χ1v) is 8.74. The molecule has 2 atom stereocenters. The first kappa shape index (κ1) is 16.0. The number of benzene rings is 1. The lowest BCUT2D eigenvalue weighted by Gasteiger charge is -2.20. The zero-order chi connectivity index (χ0) is 16.4. The van der Waals surface area contributed by atoms with Crippen molar-refractivity contribution in [2.75, 3.05) is 18.4 Å². The zero-order valence-corrected chi connectivity index (χ0v) is 14.1. The van der Waals surface area contributed by atoms with Crippen LogP contribution in [-0.4, -0.2) is 29.8 Å². The van der Waals surface area contributed by atoms with Gasteiger partial charge in [-0.25, -0.2) is 0 Å². The molecule has 2 unspecified atom stereocenters. The maximum Gasteiger partial charge on any atom is 0.228 e. The number of nitrogens with one attached hydrogen (secondary N) is 1. The fourth-order valence-electron chi connectivity index (χ4n) is 3.51. The van der Waals surface area contributed by atoms with Gasteiger partial charge < -0.3 is 10.2 Å². The number of hydrogen-bond donors (Lipinski definition) is 1. The molecule has 2 fully saturated rings. The summed E-state index contributed by atoms with van der Waals surface area (Å²) in [5, 5.41) is 3.03. The van der Waals surface area contributed by atoms with E-state index in [2.05, 4.69) is 5.32 Å². The van der Waals surface area contributed by atoms with Crippen LogP contribution in [0.3, 0.4) is 0 Å². The van der Waals surface area contributed by atoms with Crippen molar-refractivity contribution < 1.29 is 9.59 Å². The fourth-order valence-corrected chi connectivity index (χ4v) is 3.51. The minimum absolute atomic E-state index is 0.00410. The number of rotatable bonds is 3. The standard InChI is InChI=1S/C19H26N2O2/c1-13-8-7-9-14(2)17(13)20-18(22)15-12-16(15)19(23)21-10-5-3-4-6-11-21/h7-9,15-16H,3-6,10-12H2,1-2H3,(H,20,22). The summed E-state index contributed by atoms with van der Waals surface area (Å²) in [4.78, 5) is 27.0. The lowest BCUT2D eigenvalue weighted by Crippen LogP contribution is -2.34. The largest absolute Gasteiger partial charge is 0.342 e. The van der Waals surface area contributed by atoms with Crippen molar-refractivity contribution in [3.05, 3.63) is 29.3 Å². The predicted molar refractivity (Wildman–Crippen MR) is 91.2 cm³/mol. The van der Waals surface area contributed by atoms with E-state index < -0.39 is 0 Å². The normalized spacial score (nSPS) is 24.0. The molecule has 4 nitrogen and oxygen atoms in total. The van der Waals surface area contributed by atoms with Gasteiger partial charge in [-0.05, 0) is 44.2 Å². The van der Waals surface area contributed by atoms with Crippen LogP contribution in [0, 0.1) is 25.7 Å². The Balaban J connectivity index is 1.59. The Hall–Kier alpha value is -1.84. The molecule has 1 saturated heterocycles. The monoisotopic (exact) mass is 314 g/mol. The highest BCUT2D eigenvalue weighted by atomic mass is 16.2. The molecule has 1 aliphatic carbocycles. The SMILES string of the molecule is Cc1cccc(C)c1NC(=O)C1CC1C(=O)N1CCCCCC1. The van der Waals surface area contributed by atoms with Gasteiger partial charge in [-0.3, -0.25) is 9.59 Å². The summed E-state index contributed by atoms with van der Waals surface area (Å²) < 4.78 is 0. The van der Waals surface area contributed by atoms with Crippen LogP contribution in [0.25, 0.3) is 0 Å². The Kier molecular flexibility index (Phi) is 4.69. The number of anilines is 1. The van der Waals surface area contributed by atoms with Crippen molar-refractivity contribution in [2.45, 2.75) is 46.0 Å². The molecule has 1 heterocycles. The second-order valence-corrected chi connectivity index (χ2v) is 6.94. The van der Waals surface area contributed by atoms with Crippen molar-refractivity contribution >= 4 is 17.5 Å². The predicted octanol–water partition coefficient (Wildman–Crippen LogP) is 3.28. The van der Waals surface area contributed by atoms with Crippen LogP contribution in [0.15, 0.2) is 18.2 Å². The van der Waals surface area contributed by atoms with Crippen molar-refractivity contribution in [3.63, 3.8) is 0 Å². The van der Waals surface area contributed by atoms with Gasteiger partial charge in [0.1, 0.15) is 0 Å². The van der Waals surface area contributed by atoms with E-state index in [9.17, 15) is 9.59 Å². The van der Waals surface area contributed by atoms with Gasteiger partial charge in [0, 0.05) is 18.8 Å². The number of amides is 2. The second-order valence-electron chi connectivity index (χ2n) is 6.94. The number of hydrogen-bond acceptors (Lipinski definition) is 2. The molecule has 3 rings (SSSR count). The van der Waals surface area contributed by atoms with E-state index in [1.165, 1.54) is 12.8 Å². The topological polar surface area (TPSA) is 49.4 Å². The Morgan fingerprint density at radius 1 is 1.00 bits per heavy atom. The zero-order valence-electron chi connectivity index (χ0n) is 14.1. The minimum atomic E-state index is -0.148. The molecule has 0 radical (unpaired) electrons. The number of para-hydroxylation sites is 1. The van der Waals surface area contributed by atoms with Crippen molar-refractivity contribution in [2.24, 2.45) is 11.8 Å². The van der Waals surface area contributed by atoms with Gasteiger partial charge in [-0.2, -0.15) is 0 Å². The first-order chi connectivity index (χ1) is 11.1. The summed E-state index contributed by atoms with van der Waals surface area (Å²) >= 11 is 0. The summed E-state index contributed by atoms with van der Waals surface area (Å²) in [5.41, 5.74) is 3.02. The smallest absolute Gasteiger partial charge is 0.228 e. The fraction of sp³-hybridized carbons (Fsp3) is 0.579. The lowest BCUT2D eigenvalue weighted by atomic mass is 10.1. The molecule has 0 bridgehead atoms. The van der Waals surface area contributed by atoms with Crippen LogP contribution in [0.5, 0.6) is 0 Å². The lowest BCUT2D eigenvalue weighted by molar-refractivity contribution is -0.134. The van der Waals surface area contributed by atoms with Gasteiger partial charge in [-0.15, -0.1) is 0 Å². The number of aryl methyl sites for hydroxylation is 2. The molecule has 2 aliphatic rings. The van der Waals surface area contributed by atoms with E-state index in [-0.39, 0.29) is 23.7 Å². The summed E-state index contributed by atoms with van der Waals surface area (Å²) in [6.07, 6.45) is 5.32. The van der Waals surface area contributed by atoms with Gasteiger partial charge >= 0.3 is 0 Å². The van der Waals surface area contributed by atoms with Gasteiger partial charge in [-0.1, -0.05) is 31.0 Å². The molecule has 1 saturated carbocycles. The van der Waals surface area contributed by atoms with Gasteiger partial charge in [0.15, 0.2) is 0 Å². The molecule has 124 valence electrons. The molecule has 1 aliphatic heterocycles. The quantitative estimate of drug-likeness (QED) is 0.931. The van der Waals surface area contributed by atoms with Crippen molar-refractivity contribution in [3.8, 4) is 0 Å². The highest BCUT2D eigenvalue weighted by Gasteiger charge is 2.49. The number of likely N-dealkylation sites (tertiary alicyclic amines) is 1. The van der Waals surface area contributed by atoms with Gasteiger partial charge in [0.05, 0.1) is 11.8 Å².